The van der Waals surface area contributed by atoms with Crippen LogP contribution in [0.15, 0.2) is 76.3 Å². The molecule has 13 heteroatoms. The molecule has 1 amide bonds. The van der Waals surface area contributed by atoms with Crippen LogP contribution in [0.5, 0.6) is 0 Å². The Morgan fingerprint density at radius 1 is 0.923 bits per heavy atom. The molecule has 4 rings (SSSR count). The third-order valence-corrected chi connectivity index (χ3v) is 9.13. The Hall–Kier alpha value is -3.71. The molecule has 2 aromatic heterocycles. The first-order valence-electron chi connectivity index (χ1n) is 11.4. The molecule has 2 N–H and O–H groups in total. The van der Waals surface area contributed by atoms with E-state index in [0.717, 1.165) is 28.2 Å². The number of anilines is 2. The molecule has 0 saturated carbocycles. The van der Waals surface area contributed by atoms with E-state index < -0.39 is 34.5 Å². The van der Waals surface area contributed by atoms with Gasteiger partial charge in [-0.2, -0.15) is 0 Å². The van der Waals surface area contributed by atoms with E-state index in [1.165, 1.54) is 36.4 Å². The van der Waals surface area contributed by atoms with Crippen LogP contribution in [-0.2, 0) is 24.3 Å². The first kappa shape index (κ1) is 28.3. The normalized spacial score (nSPS) is 11.0. The zero-order chi connectivity index (χ0) is 28.0. The van der Waals surface area contributed by atoms with Crippen molar-refractivity contribution in [2.24, 2.45) is 0 Å². The van der Waals surface area contributed by atoms with Gasteiger partial charge in [0.05, 0.1) is 16.5 Å². The third kappa shape index (κ3) is 7.03. The molecule has 0 spiro atoms. The van der Waals surface area contributed by atoms with E-state index in [1.54, 1.807) is 12.3 Å². The summed E-state index contributed by atoms with van der Waals surface area (Å²) >= 11 is 7.88. The smallest absolute Gasteiger partial charge is 0.341 e. The lowest BCUT2D eigenvalue weighted by Gasteiger charge is -2.10. The monoisotopic (exact) mass is 604 g/mol. The molecule has 0 fully saturated rings. The second kappa shape index (κ2) is 12.4. The predicted molar refractivity (Wildman–Crippen MR) is 151 cm³/mol. The second-order valence-corrected chi connectivity index (χ2v) is 12.3. The van der Waals surface area contributed by atoms with Crippen LogP contribution >= 0.6 is 34.3 Å². The van der Waals surface area contributed by atoms with Crippen molar-refractivity contribution in [3.05, 3.63) is 87.6 Å². The van der Waals surface area contributed by atoms with Crippen LogP contribution in [0.1, 0.15) is 27.6 Å². The summed E-state index contributed by atoms with van der Waals surface area (Å²) in [5.41, 5.74) is 1.96. The van der Waals surface area contributed by atoms with E-state index in [0.29, 0.717) is 9.90 Å². The van der Waals surface area contributed by atoms with Gasteiger partial charge >= 0.3 is 11.9 Å². The number of benzene rings is 2. The van der Waals surface area contributed by atoms with E-state index in [1.807, 2.05) is 30.3 Å². The van der Waals surface area contributed by atoms with Crippen molar-refractivity contribution in [1.29, 1.82) is 0 Å². The number of amides is 1. The van der Waals surface area contributed by atoms with Gasteiger partial charge in [0.25, 0.3) is 15.9 Å². The maximum absolute atomic E-state index is 12.6. The van der Waals surface area contributed by atoms with Crippen molar-refractivity contribution in [2.75, 3.05) is 23.3 Å². The quantitative estimate of drug-likeness (QED) is 0.216. The molecule has 39 heavy (non-hydrogen) atoms. The van der Waals surface area contributed by atoms with E-state index in [9.17, 15) is 22.8 Å². The number of thiophene rings is 2. The van der Waals surface area contributed by atoms with Gasteiger partial charge in [0.1, 0.15) is 14.8 Å². The first-order chi connectivity index (χ1) is 18.7. The van der Waals surface area contributed by atoms with Crippen molar-refractivity contribution >= 4 is 72.8 Å². The number of carbonyl (C=O) groups excluding carboxylic acids is 3. The molecule has 0 radical (unpaired) electrons. The predicted octanol–water partition coefficient (Wildman–Crippen LogP) is 5.90. The van der Waals surface area contributed by atoms with Crippen LogP contribution < -0.4 is 10.0 Å². The molecule has 9 nitrogen and oxygen atoms in total. The van der Waals surface area contributed by atoms with E-state index >= 15 is 0 Å². The summed E-state index contributed by atoms with van der Waals surface area (Å²) in [6.07, 6.45) is 0. The maximum Gasteiger partial charge on any atom is 0.341 e. The highest BCUT2D eigenvalue weighted by molar-refractivity contribution is 7.94. The van der Waals surface area contributed by atoms with Crippen LogP contribution in [0.2, 0.25) is 4.34 Å². The van der Waals surface area contributed by atoms with Gasteiger partial charge in [0, 0.05) is 16.6 Å². The summed E-state index contributed by atoms with van der Waals surface area (Å²) in [7, 11) is -3.82. The molecule has 0 saturated heterocycles. The van der Waals surface area contributed by atoms with Gasteiger partial charge in [-0.15, -0.1) is 22.7 Å². The molecule has 2 aromatic carbocycles. The highest BCUT2D eigenvalue weighted by Crippen LogP contribution is 2.36. The summed E-state index contributed by atoms with van der Waals surface area (Å²) in [6, 6.07) is 17.6. The number of hydrogen-bond donors (Lipinski definition) is 2. The van der Waals surface area contributed by atoms with Gasteiger partial charge in [0.15, 0.2) is 6.61 Å². The Kier molecular flexibility index (Phi) is 9.02. The van der Waals surface area contributed by atoms with E-state index in [-0.39, 0.29) is 32.6 Å². The molecule has 0 bridgehead atoms. The maximum atomic E-state index is 12.6. The van der Waals surface area contributed by atoms with Crippen molar-refractivity contribution in [2.45, 2.75) is 11.1 Å². The number of nitrogens with one attached hydrogen (secondary N) is 2. The van der Waals surface area contributed by atoms with E-state index in [4.69, 9.17) is 21.1 Å². The number of halogens is 1. The standard InChI is InChI=1S/C26H21ClN2O7S3/c1-2-35-26(32)23-19(16-6-4-3-5-7-16)15-37-24(23)28-21(30)14-36-25(31)17-8-10-18(11-9-17)29-39(33,34)22-13-12-20(27)38-22/h3-13,15,29H,2,14H2,1H3,(H,28,30). The van der Waals surface area contributed by atoms with Crippen molar-refractivity contribution < 1.29 is 32.3 Å². The Labute approximate surface area is 237 Å². The minimum Gasteiger partial charge on any atom is -0.462 e. The van der Waals surface area contributed by atoms with Crippen molar-refractivity contribution in [3.63, 3.8) is 0 Å². The molecule has 2 heterocycles. The lowest BCUT2D eigenvalue weighted by atomic mass is 10.0. The molecule has 0 aliphatic carbocycles. The fourth-order valence-electron chi connectivity index (χ4n) is 3.39. The summed E-state index contributed by atoms with van der Waals surface area (Å²) in [5.74, 6) is -2.01. The summed E-state index contributed by atoms with van der Waals surface area (Å²) in [5, 5.41) is 4.63. The number of esters is 2. The highest BCUT2D eigenvalue weighted by Gasteiger charge is 2.23. The molecular formula is C26H21ClN2O7S3. The SMILES string of the molecule is CCOC(=O)c1c(-c2ccccc2)csc1NC(=O)COC(=O)c1ccc(NS(=O)(=O)c2ccc(Cl)s2)cc1. The van der Waals surface area contributed by atoms with Crippen LogP contribution in [0.25, 0.3) is 11.1 Å². The Balaban J connectivity index is 1.38. The fraction of sp³-hybridized carbons (Fsp3) is 0.115. The number of hydrogen-bond acceptors (Lipinski definition) is 9. The Morgan fingerprint density at radius 3 is 2.28 bits per heavy atom. The van der Waals surface area contributed by atoms with Crippen LogP contribution in [-0.4, -0.2) is 39.5 Å². The van der Waals surface area contributed by atoms with Crippen LogP contribution in [0.3, 0.4) is 0 Å². The zero-order valence-corrected chi connectivity index (χ0v) is 23.5. The van der Waals surface area contributed by atoms with Crippen LogP contribution in [0.4, 0.5) is 10.7 Å². The van der Waals surface area contributed by atoms with Gasteiger partial charge in [-0.3, -0.25) is 9.52 Å². The number of ether oxygens (including phenoxy) is 2. The van der Waals surface area contributed by atoms with Crippen molar-refractivity contribution in [3.8, 4) is 11.1 Å². The highest BCUT2D eigenvalue weighted by atomic mass is 35.5. The molecule has 0 aliphatic rings. The lowest BCUT2D eigenvalue weighted by molar-refractivity contribution is -0.119. The molecule has 202 valence electrons. The number of rotatable bonds is 10. The largest absolute Gasteiger partial charge is 0.462 e. The Morgan fingerprint density at radius 2 is 1.64 bits per heavy atom. The minimum atomic E-state index is -3.82. The molecule has 0 unspecified atom stereocenters. The number of sulfonamides is 1. The van der Waals surface area contributed by atoms with Crippen LogP contribution in [0, 0.1) is 0 Å². The molecule has 4 aromatic rings. The van der Waals surface area contributed by atoms with Gasteiger partial charge in [0.2, 0.25) is 0 Å². The average Bonchev–Trinajstić information content (AvgIpc) is 3.55. The van der Waals surface area contributed by atoms with Gasteiger partial charge in [-0.25, -0.2) is 18.0 Å². The number of carbonyl (C=O) groups is 3. The minimum absolute atomic E-state index is 0.0507. The zero-order valence-electron chi connectivity index (χ0n) is 20.3. The molecule has 0 atom stereocenters. The lowest BCUT2D eigenvalue weighted by Crippen LogP contribution is -2.21. The molecule has 0 aliphatic heterocycles. The molecular weight excluding hydrogens is 584 g/mol. The van der Waals surface area contributed by atoms with E-state index in [2.05, 4.69) is 10.0 Å². The van der Waals surface area contributed by atoms with Crippen molar-refractivity contribution in [1.82, 2.24) is 0 Å². The summed E-state index contributed by atoms with van der Waals surface area (Å²) in [6.45, 7) is 1.25. The average molecular weight is 605 g/mol. The van der Waals surface area contributed by atoms with Gasteiger partial charge in [-0.1, -0.05) is 41.9 Å². The topological polar surface area (TPSA) is 128 Å². The summed E-state index contributed by atoms with van der Waals surface area (Å²) in [4.78, 5) is 37.7. The second-order valence-electron chi connectivity index (χ2n) is 7.81. The first-order valence-corrected chi connectivity index (χ1v) is 14.9. The van der Waals surface area contributed by atoms with Gasteiger partial charge in [-0.05, 0) is 48.9 Å². The van der Waals surface area contributed by atoms with Gasteiger partial charge < -0.3 is 14.8 Å². The summed E-state index contributed by atoms with van der Waals surface area (Å²) < 4.78 is 37.9. The Bertz CT molecular complexity index is 1600. The fourth-order valence-corrected chi connectivity index (χ4v) is 6.90. The third-order valence-electron chi connectivity index (χ3n) is 5.13.